The van der Waals surface area contributed by atoms with Crippen molar-refractivity contribution in [2.24, 2.45) is 0 Å². The SMILES string of the molecule is CNCC(=Cc1cnc(Cl)c(N)c1)B1OC(C)(C)C(C)(C)O1. The van der Waals surface area contributed by atoms with E-state index in [0.29, 0.717) is 17.4 Å². The van der Waals surface area contributed by atoms with Gasteiger partial charge in [-0.1, -0.05) is 17.7 Å². The highest BCUT2D eigenvalue weighted by Gasteiger charge is 2.52. The normalized spacial score (nSPS) is 20.5. The van der Waals surface area contributed by atoms with E-state index in [1.807, 2.05) is 40.8 Å². The van der Waals surface area contributed by atoms with Crippen molar-refractivity contribution in [3.8, 4) is 0 Å². The van der Waals surface area contributed by atoms with Gasteiger partial charge in [-0.05, 0) is 51.8 Å². The molecule has 1 aromatic heterocycles. The fourth-order valence-corrected chi connectivity index (χ4v) is 2.28. The molecule has 2 rings (SSSR count). The summed E-state index contributed by atoms with van der Waals surface area (Å²) in [5, 5.41) is 3.45. The fraction of sp³-hybridized carbons (Fsp3) is 0.533. The summed E-state index contributed by atoms with van der Waals surface area (Å²) in [7, 11) is 1.47. The number of nitrogens with zero attached hydrogens (tertiary/aromatic N) is 1. The van der Waals surface area contributed by atoms with Gasteiger partial charge in [0.05, 0.1) is 16.9 Å². The Hall–Kier alpha value is -1.08. The lowest BCUT2D eigenvalue weighted by molar-refractivity contribution is 0.00578. The summed E-state index contributed by atoms with van der Waals surface area (Å²) >= 11 is 5.86. The molecule has 3 N–H and O–H groups in total. The van der Waals surface area contributed by atoms with E-state index in [2.05, 4.69) is 10.3 Å². The molecule has 0 aromatic carbocycles. The third-order valence-electron chi connectivity index (χ3n) is 4.18. The number of hydrogen-bond donors (Lipinski definition) is 2. The number of nitrogen functional groups attached to an aromatic ring is 1. The molecule has 1 aliphatic rings. The largest absolute Gasteiger partial charge is 0.491 e. The number of nitrogens with one attached hydrogen (secondary N) is 1. The molecule has 7 heteroatoms. The van der Waals surface area contributed by atoms with E-state index in [1.165, 1.54) is 0 Å². The standard InChI is InChI=1S/C15H23BClN3O2/c1-14(2)15(3,4)22-16(21-14)11(9-19-5)6-10-7-12(18)13(17)20-8-10/h6-8,19H,9,18H2,1-5H3. The number of likely N-dealkylation sites (N-methyl/N-ethyl adjacent to an activating group) is 1. The van der Waals surface area contributed by atoms with Crippen molar-refractivity contribution in [3.63, 3.8) is 0 Å². The van der Waals surface area contributed by atoms with E-state index in [9.17, 15) is 0 Å². The summed E-state index contributed by atoms with van der Waals surface area (Å²) in [5.41, 5.74) is 7.35. The summed E-state index contributed by atoms with van der Waals surface area (Å²) in [5.74, 6) is 0. The first kappa shape index (κ1) is 17.3. The molecule has 1 fully saturated rings. The molecule has 0 atom stereocenters. The Kier molecular flexibility index (Phi) is 4.87. The lowest BCUT2D eigenvalue weighted by Crippen LogP contribution is -2.41. The molecule has 0 saturated carbocycles. The summed E-state index contributed by atoms with van der Waals surface area (Å²) in [6, 6.07) is 1.79. The van der Waals surface area contributed by atoms with E-state index in [-0.39, 0.29) is 11.2 Å². The summed E-state index contributed by atoms with van der Waals surface area (Å²) in [4.78, 5) is 4.07. The van der Waals surface area contributed by atoms with Gasteiger partial charge in [-0.2, -0.15) is 0 Å². The van der Waals surface area contributed by atoms with Gasteiger partial charge in [-0.3, -0.25) is 0 Å². The van der Waals surface area contributed by atoms with E-state index in [0.717, 1.165) is 11.0 Å². The van der Waals surface area contributed by atoms with Gasteiger partial charge < -0.3 is 20.4 Å². The first-order chi connectivity index (χ1) is 10.2. The van der Waals surface area contributed by atoms with Crippen molar-refractivity contribution >= 4 is 30.5 Å². The van der Waals surface area contributed by atoms with Crippen LogP contribution in [0, 0.1) is 0 Å². The van der Waals surface area contributed by atoms with Crippen LogP contribution in [0.1, 0.15) is 33.3 Å². The predicted octanol–water partition coefficient (Wildman–Crippen LogP) is 2.55. The topological polar surface area (TPSA) is 69.4 Å². The zero-order valence-electron chi connectivity index (χ0n) is 13.7. The van der Waals surface area contributed by atoms with Gasteiger partial charge in [0.25, 0.3) is 0 Å². The monoisotopic (exact) mass is 323 g/mol. The van der Waals surface area contributed by atoms with E-state index in [1.54, 1.807) is 12.3 Å². The molecule has 0 spiro atoms. The van der Waals surface area contributed by atoms with Gasteiger partial charge in [-0.15, -0.1) is 0 Å². The van der Waals surface area contributed by atoms with Crippen molar-refractivity contribution in [2.75, 3.05) is 19.3 Å². The zero-order valence-corrected chi connectivity index (χ0v) is 14.5. The lowest BCUT2D eigenvalue weighted by atomic mass is 9.77. The minimum Gasteiger partial charge on any atom is -0.400 e. The molecule has 120 valence electrons. The maximum atomic E-state index is 6.10. The number of halogens is 1. The number of aromatic nitrogens is 1. The lowest BCUT2D eigenvalue weighted by Gasteiger charge is -2.32. The number of pyridine rings is 1. The van der Waals surface area contributed by atoms with Gasteiger partial charge in [0, 0.05) is 12.7 Å². The van der Waals surface area contributed by atoms with Crippen LogP contribution < -0.4 is 11.1 Å². The molecule has 0 unspecified atom stereocenters. The summed E-state index contributed by atoms with van der Waals surface area (Å²) in [6.45, 7) is 8.77. The Balaban J connectivity index is 2.31. The van der Waals surface area contributed by atoms with Gasteiger partial charge in [0.15, 0.2) is 5.15 Å². The maximum Gasteiger partial charge on any atom is 0.491 e. The molecule has 0 amide bonds. The molecule has 1 aromatic rings. The molecule has 22 heavy (non-hydrogen) atoms. The highest BCUT2D eigenvalue weighted by Crippen LogP contribution is 2.38. The second-order valence-electron chi connectivity index (χ2n) is 6.49. The van der Waals surface area contributed by atoms with Crippen molar-refractivity contribution in [1.29, 1.82) is 0 Å². The van der Waals surface area contributed by atoms with Crippen LogP contribution in [0.2, 0.25) is 5.15 Å². The highest BCUT2D eigenvalue weighted by molar-refractivity contribution is 6.55. The Labute approximate surface area is 137 Å². The highest BCUT2D eigenvalue weighted by atomic mass is 35.5. The number of hydrogen-bond acceptors (Lipinski definition) is 5. The third kappa shape index (κ3) is 3.46. The second-order valence-corrected chi connectivity index (χ2v) is 6.84. The van der Waals surface area contributed by atoms with Crippen LogP contribution in [0.15, 0.2) is 17.7 Å². The molecule has 0 aliphatic carbocycles. The van der Waals surface area contributed by atoms with Crippen LogP contribution in [0.25, 0.3) is 6.08 Å². The van der Waals surface area contributed by atoms with Crippen LogP contribution in [0.5, 0.6) is 0 Å². The molecular weight excluding hydrogens is 300 g/mol. The molecule has 0 bridgehead atoms. The zero-order chi connectivity index (χ0) is 16.5. The molecule has 0 radical (unpaired) electrons. The average molecular weight is 324 g/mol. The van der Waals surface area contributed by atoms with Crippen LogP contribution in [0.4, 0.5) is 5.69 Å². The molecule has 2 heterocycles. The maximum absolute atomic E-state index is 6.10. The Bertz CT molecular complexity index is 574. The van der Waals surface area contributed by atoms with Crippen molar-refractivity contribution < 1.29 is 9.31 Å². The number of nitrogens with two attached hydrogens (primary N) is 1. The van der Waals surface area contributed by atoms with Crippen molar-refractivity contribution in [2.45, 2.75) is 38.9 Å². The van der Waals surface area contributed by atoms with Crippen LogP contribution in [-0.4, -0.2) is 36.9 Å². The van der Waals surface area contributed by atoms with Gasteiger partial charge in [0.1, 0.15) is 0 Å². The van der Waals surface area contributed by atoms with Crippen LogP contribution in [0.3, 0.4) is 0 Å². The van der Waals surface area contributed by atoms with E-state index >= 15 is 0 Å². The minimum absolute atomic E-state index is 0.308. The summed E-state index contributed by atoms with van der Waals surface area (Å²) in [6.07, 6.45) is 3.65. The fourth-order valence-electron chi connectivity index (χ4n) is 2.18. The van der Waals surface area contributed by atoms with E-state index in [4.69, 9.17) is 26.6 Å². The first-order valence-corrected chi connectivity index (χ1v) is 7.66. The van der Waals surface area contributed by atoms with Gasteiger partial charge >= 0.3 is 7.12 Å². The second kappa shape index (κ2) is 6.20. The molecule has 5 nitrogen and oxygen atoms in total. The first-order valence-electron chi connectivity index (χ1n) is 7.28. The number of anilines is 1. The van der Waals surface area contributed by atoms with Gasteiger partial charge in [0.2, 0.25) is 0 Å². The quantitative estimate of drug-likeness (QED) is 0.658. The summed E-state index contributed by atoms with van der Waals surface area (Å²) < 4.78 is 12.2. The molecular formula is C15H23BClN3O2. The Morgan fingerprint density at radius 2 is 1.95 bits per heavy atom. The molecule has 1 saturated heterocycles. The predicted molar refractivity (Wildman–Crippen MR) is 91.6 cm³/mol. The Morgan fingerprint density at radius 1 is 1.36 bits per heavy atom. The third-order valence-corrected chi connectivity index (χ3v) is 4.49. The van der Waals surface area contributed by atoms with Gasteiger partial charge in [-0.25, -0.2) is 4.98 Å². The minimum atomic E-state index is -0.408. The van der Waals surface area contributed by atoms with Crippen LogP contribution >= 0.6 is 11.6 Å². The Morgan fingerprint density at radius 3 is 2.45 bits per heavy atom. The molecule has 1 aliphatic heterocycles. The van der Waals surface area contributed by atoms with E-state index < -0.39 is 7.12 Å². The smallest absolute Gasteiger partial charge is 0.400 e. The van der Waals surface area contributed by atoms with Crippen molar-refractivity contribution in [1.82, 2.24) is 10.3 Å². The van der Waals surface area contributed by atoms with Crippen LogP contribution in [-0.2, 0) is 9.31 Å². The number of rotatable bonds is 4. The average Bonchev–Trinajstić information content (AvgIpc) is 2.62. The van der Waals surface area contributed by atoms with Crippen molar-refractivity contribution in [3.05, 3.63) is 28.5 Å².